The summed E-state index contributed by atoms with van der Waals surface area (Å²) in [4.78, 5) is 47.0. The molecule has 2 amide bonds. The lowest BCUT2D eigenvalue weighted by Gasteiger charge is -2.30. The number of benzene rings is 2. The van der Waals surface area contributed by atoms with Gasteiger partial charge in [-0.15, -0.1) is 5.06 Å². The van der Waals surface area contributed by atoms with Crippen LogP contribution in [0.4, 0.5) is 11.4 Å². The summed E-state index contributed by atoms with van der Waals surface area (Å²) in [5.74, 6) is -1.30. The predicted molar refractivity (Wildman–Crippen MR) is 311 cm³/mol. The molecule has 0 saturated carbocycles. The summed E-state index contributed by atoms with van der Waals surface area (Å²) in [5, 5.41) is 12.5. The Balaban J connectivity index is 1.53. The van der Waals surface area contributed by atoms with Crippen molar-refractivity contribution in [2.24, 2.45) is 5.41 Å². The molecule has 0 aliphatic carbocycles. The maximum Gasteiger partial charge on any atom is 0.333 e. The standard InChI is InChI=1S/C58H89N3O18S2/c1-57(2,3)21-19-46(10-7-11-53-58(4,20-8-12-56(65)79-61-54(63)17-18-55(61)64)50-45-48(81(67)68)14-16-51(50)60(53)22-9-43-80-66)49-15-13-47(44-52(49)62)59(23-25-71-31-33-75-39-41-77-37-35-73-29-27-69-5)24-26-72-32-34-76-40-42-78-38-36-74-30-28-70-6/h7,10-11,13-16,19,44-45,62,66H,8-9,12,17-18,20-43H2,1-6H3,(H,67,68)/b10-7+,46-19-,53-11-. The van der Waals surface area contributed by atoms with E-state index in [0.29, 0.717) is 181 Å². The van der Waals surface area contributed by atoms with E-state index in [1.54, 1.807) is 32.4 Å². The zero-order valence-corrected chi connectivity index (χ0v) is 50.0. The molecule has 2 heterocycles. The fraction of sp³-hybridized carbons (Fsp3) is 0.638. The van der Waals surface area contributed by atoms with Crippen molar-refractivity contribution < 1.29 is 85.0 Å². The van der Waals surface area contributed by atoms with Crippen LogP contribution in [0.15, 0.2) is 71.3 Å². The zero-order chi connectivity index (χ0) is 58.7. The minimum atomic E-state index is -2.27. The number of methoxy groups -OCH3 is 2. The van der Waals surface area contributed by atoms with Crippen molar-refractivity contribution in [2.75, 3.05) is 168 Å². The Bertz CT molecular complexity index is 2250. The van der Waals surface area contributed by atoms with Gasteiger partial charge in [-0.2, -0.15) is 0 Å². The van der Waals surface area contributed by atoms with E-state index in [0.717, 1.165) is 40.3 Å². The Hall–Kier alpha value is -4.31. The summed E-state index contributed by atoms with van der Waals surface area (Å²) < 4.78 is 87.6. The fourth-order valence-corrected chi connectivity index (χ4v) is 9.40. The molecule has 0 radical (unpaired) electrons. The van der Waals surface area contributed by atoms with Crippen LogP contribution in [0, 0.1) is 5.41 Å². The number of carbonyl (C=O) groups is 3. The van der Waals surface area contributed by atoms with Crippen LogP contribution in [0.3, 0.4) is 0 Å². The van der Waals surface area contributed by atoms with E-state index in [1.165, 1.54) is 0 Å². The van der Waals surface area contributed by atoms with Crippen molar-refractivity contribution in [2.45, 2.75) is 83.0 Å². The molecule has 21 nitrogen and oxygen atoms in total. The van der Waals surface area contributed by atoms with Gasteiger partial charge >= 0.3 is 5.97 Å². The third kappa shape index (κ3) is 25.6. The highest BCUT2D eigenvalue weighted by atomic mass is 32.2. The number of phenolic OH excluding ortho intramolecular Hbond substituents is 1. The van der Waals surface area contributed by atoms with Crippen LogP contribution in [0.2, 0.25) is 0 Å². The van der Waals surface area contributed by atoms with Crippen LogP contribution in [0.5, 0.6) is 5.75 Å². The van der Waals surface area contributed by atoms with Crippen molar-refractivity contribution in [3.8, 4) is 5.75 Å². The van der Waals surface area contributed by atoms with E-state index in [9.17, 15) is 32.8 Å². The number of nitrogens with zero attached hydrogens (tertiary/aromatic N) is 3. The van der Waals surface area contributed by atoms with Gasteiger partial charge in [0.1, 0.15) is 5.75 Å². The van der Waals surface area contributed by atoms with Crippen LogP contribution in [-0.4, -0.2) is 200 Å². The SMILES string of the molecule is COCCOCCOCCOCCOCCN(CCOCCOCCOCCOCCOC)c1ccc(C(=C\CC(C)(C)C)/C=C/C=C2\N(CCCSO)c3ccc(S(=O)O)cc3C2(C)CCCC(=O)ON2C(=O)CCC2=O)c(O)c1. The number of carbonyl (C=O) groups excluding carboxylic acids is 3. The molecule has 1 fully saturated rings. The van der Waals surface area contributed by atoms with Crippen molar-refractivity contribution in [3.05, 3.63) is 77.5 Å². The molecule has 23 heteroatoms. The molecule has 2 atom stereocenters. The Morgan fingerprint density at radius 3 is 1.74 bits per heavy atom. The second kappa shape index (κ2) is 39.3. The summed E-state index contributed by atoms with van der Waals surface area (Å²) in [6.07, 6.45) is 9.82. The molecular formula is C58H89N3O18S2. The zero-order valence-electron chi connectivity index (χ0n) is 48.4. The van der Waals surface area contributed by atoms with E-state index in [4.69, 9.17) is 52.2 Å². The molecule has 2 aromatic carbocycles. The average Bonchev–Trinajstić information content (AvgIpc) is 3.95. The fourth-order valence-electron chi connectivity index (χ4n) is 8.74. The molecule has 4 rings (SSSR count). The lowest BCUT2D eigenvalue weighted by atomic mass is 9.77. The number of hydroxylamine groups is 2. The van der Waals surface area contributed by atoms with Gasteiger partial charge in [0.2, 0.25) is 0 Å². The van der Waals surface area contributed by atoms with Crippen LogP contribution >= 0.6 is 12.0 Å². The van der Waals surface area contributed by atoms with Crippen LogP contribution in [0.25, 0.3) is 5.57 Å². The van der Waals surface area contributed by atoms with Crippen LogP contribution in [-0.2, 0) is 83.1 Å². The topological polar surface area (TPSA) is 240 Å². The first kappa shape index (κ1) is 69.2. The molecule has 0 aromatic heterocycles. The van der Waals surface area contributed by atoms with Gasteiger partial charge in [-0.3, -0.25) is 9.59 Å². The monoisotopic (exact) mass is 1180 g/mol. The minimum Gasteiger partial charge on any atom is -0.507 e. The van der Waals surface area contributed by atoms with Crippen LogP contribution in [0.1, 0.15) is 83.8 Å². The number of anilines is 2. The van der Waals surface area contributed by atoms with E-state index in [-0.39, 0.29) is 35.3 Å². The lowest BCUT2D eigenvalue weighted by Crippen LogP contribution is -2.32. The normalized spacial score (nSPS) is 16.6. The van der Waals surface area contributed by atoms with Gasteiger partial charge < -0.3 is 76.2 Å². The number of aromatic hydroxyl groups is 1. The van der Waals surface area contributed by atoms with Gasteiger partial charge in [0, 0.05) is 93.0 Å². The van der Waals surface area contributed by atoms with Gasteiger partial charge in [-0.25, -0.2) is 9.00 Å². The van der Waals surface area contributed by atoms with Gasteiger partial charge in [-0.05, 0) is 97.6 Å². The van der Waals surface area contributed by atoms with Crippen molar-refractivity contribution in [1.82, 2.24) is 5.06 Å². The molecule has 1 saturated heterocycles. The molecule has 2 unspecified atom stereocenters. The number of rotatable bonds is 45. The van der Waals surface area contributed by atoms with Gasteiger partial charge in [-0.1, -0.05) is 39.0 Å². The van der Waals surface area contributed by atoms with E-state index in [2.05, 4.69) is 36.6 Å². The Morgan fingerprint density at radius 2 is 1.26 bits per heavy atom. The number of fused-ring (bicyclic) bond motifs is 1. The predicted octanol–water partition coefficient (Wildman–Crippen LogP) is 7.62. The highest BCUT2D eigenvalue weighted by Gasteiger charge is 2.43. The Labute approximate surface area is 485 Å². The highest BCUT2D eigenvalue weighted by molar-refractivity contribution is 7.93. The number of hydrogen-bond donors (Lipinski definition) is 3. The quantitative estimate of drug-likeness (QED) is 0.0190. The number of imide groups is 1. The molecule has 3 N–H and O–H groups in total. The first-order valence-electron chi connectivity index (χ1n) is 27.8. The summed E-state index contributed by atoms with van der Waals surface area (Å²) in [5.41, 5.74) is 3.71. The van der Waals surface area contributed by atoms with E-state index >= 15 is 0 Å². The van der Waals surface area contributed by atoms with E-state index in [1.807, 2.05) is 43.4 Å². The average molecular weight is 1180 g/mol. The molecule has 0 bridgehead atoms. The minimum absolute atomic E-state index is 0.0158. The number of hydrogen-bond acceptors (Lipinski definition) is 20. The van der Waals surface area contributed by atoms with Gasteiger partial charge in [0.25, 0.3) is 11.8 Å². The molecular weight excluding hydrogens is 1090 g/mol. The maximum atomic E-state index is 13.0. The molecule has 2 aromatic rings. The second-order valence-corrected chi connectivity index (χ2v) is 22.0. The first-order chi connectivity index (χ1) is 39.1. The van der Waals surface area contributed by atoms with Crippen molar-refractivity contribution in [1.29, 1.82) is 0 Å². The lowest BCUT2D eigenvalue weighted by molar-refractivity contribution is -0.197. The first-order valence-corrected chi connectivity index (χ1v) is 29.8. The van der Waals surface area contributed by atoms with E-state index < -0.39 is 34.3 Å². The Morgan fingerprint density at radius 1 is 0.741 bits per heavy atom. The largest absolute Gasteiger partial charge is 0.507 e. The van der Waals surface area contributed by atoms with Crippen LogP contribution < -0.4 is 9.80 Å². The number of allylic oxidation sites excluding steroid dienone is 6. The summed E-state index contributed by atoms with van der Waals surface area (Å²) >= 11 is -1.53. The van der Waals surface area contributed by atoms with Gasteiger partial charge in [0.05, 0.1) is 124 Å². The number of amides is 2. The highest BCUT2D eigenvalue weighted by Crippen LogP contribution is 2.51. The van der Waals surface area contributed by atoms with Crippen molar-refractivity contribution >= 4 is 57.9 Å². The summed E-state index contributed by atoms with van der Waals surface area (Å²) in [7, 11) is 3.26. The molecule has 81 heavy (non-hydrogen) atoms. The third-order valence-electron chi connectivity index (χ3n) is 13.0. The van der Waals surface area contributed by atoms with Crippen molar-refractivity contribution in [3.63, 3.8) is 0 Å². The number of ether oxygens (including phenoxy) is 10. The maximum absolute atomic E-state index is 13.0. The molecule has 456 valence electrons. The number of phenols is 1. The molecule has 0 spiro atoms. The summed E-state index contributed by atoms with van der Waals surface area (Å²) in [6, 6.07) is 10.8. The molecule has 2 aliphatic rings. The Kier molecular flexibility index (Phi) is 33.5. The second-order valence-electron chi connectivity index (χ2n) is 20.4. The van der Waals surface area contributed by atoms with Gasteiger partial charge in [0.15, 0.2) is 11.1 Å². The molecule has 2 aliphatic heterocycles. The third-order valence-corrected chi connectivity index (χ3v) is 14.1. The smallest absolute Gasteiger partial charge is 0.333 e. The summed E-state index contributed by atoms with van der Waals surface area (Å²) in [6.45, 7) is 18.1.